The standard InChI is InChI=1S/C23H17BrClFN2O2/c1-29-22-8-4-14(10-18(22)24)23-28-20(17-11-15(25)5-9-21(17)30-23)12-19(27-28)13-2-6-16(26)7-3-13/h2-11,20,23H,12H2,1H3/t20-,23-/m0/s1. The fourth-order valence-corrected chi connectivity index (χ4v) is 4.67. The molecule has 0 saturated heterocycles. The van der Waals surface area contributed by atoms with Crippen LogP contribution in [0.1, 0.15) is 35.4 Å². The van der Waals surface area contributed by atoms with Crippen LogP contribution in [0.2, 0.25) is 5.02 Å². The molecule has 0 saturated carbocycles. The molecule has 3 aromatic carbocycles. The molecule has 5 rings (SSSR count). The molecule has 0 N–H and O–H groups in total. The van der Waals surface area contributed by atoms with Crippen LogP contribution < -0.4 is 9.47 Å². The van der Waals surface area contributed by atoms with Gasteiger partial charge in [-0.25, -0.2) is 9.40 Å². The van der Waals surface area contributed by atoms with Crippen LogP contribution in [0.3, 0.4) is 0 Å². The van der Waals surface area contributed by atoms with E-state index in [-0.39, 0.29) is 11.9 Å². The van der Waals surface area contributed by atoms with Gasteiger partial charge in [0.25, 0.3) is 0 Å². The predicted octanol–water partition coefficient (Wildman–Crippen LogP) is 6.49. The van der Waals surface area contributed by atoms with Gasteiger partial charge in [0.1, 0.15) is 17.3 Å². The zero-order valence-corrected chi connectivity index (χ0v) is 18.3. The van der Waals surface area contributed by atoms with Crippen LogP contribution in [0, 0.1) is 5.82 Å². The van der Waals surface area contributed by atoms with Crippen molar-refractivity contribution in [2.24, 2.45) is 5.10 Å². The van der Waals surface area contributed by atoms with E-state index in [0.717, 1.165) is 38.4 Å². The maximum Gasteiger partial charge on any atom is 0.213 e. The van der Waals surface area contributed by atoms with E-state index in [0.29, 0.717) is 11.4 Å². The normalized spacial score (nSPS) is 19.6. The van der Waals surface area contributed by atoms with Crippen molar-refractivity contribution < 1.29 is 13.9 Å². The summed E-state index contributed by atoms with van der Waals surface area (Å²) in [6.07, 6.45) is 0.264. The van der Waals surface area contributed by atoms with Gasteiger partial charge in [-0.1, -0.05) is 23.7 Å². The second kappa shape index (κ2) is 7.60. The molecule has 7 heteroatoms. The maximum atomic E-state index is 13.4. The number of fused-ring (bicyclic) bond motifs is 3. The van der Waals surface area contributed by atoms with E-state index < -0.39 is 6.23 Å². The summed E-state index contributed by atoms with van der Waals surface area (Å²) in [5.74, 6) is 1.26. The Kier molecular flexibility index (Phi) is 4.91. The molecule has 0 aromatic heterocycles. The van der Waals surface area contributed by atoms with E-state index in [4.69, 9.17) is 26.2 Å². The molecule has 2 atom stereocenters. The molecule has 30 heavy (non-hydrogen) atoms. The highest BCUT2D eigenvalue weighted by atomic mass is 79.9. The Balaban J connectivity index is 1.59. The number of rotatable bonds is 3. The molecule has 0 aliphatic carbocycles. The summed E-state index contributed by atoms with van der Waals surface area (Å²) in [6, 6.07) is 17.9. The van der Waals surface area contributed by atoms with Crippen LogP contribution in [-0.4, -0.2) is 17.8 Å². The van der Waals surface area contributed by atoms with Crippen molar-refractivity contribution in [3.63, 3.8) is 0 Å². The Morgan fingerprint density at radius 1 is 1.13 bits per heavy atom. The number of halogens is 3. The number of hydrazone groups is 1. The maximum absolute atomic E-state index is 13.4. The fourth-order valence-electron chi connectivity index (χ4n) is 3.93. The minimum absolute atomic E-state index is 0.0293. The topological polar surface area (TPSA) is 34.1 Å². The lowest BCUT2D eigenvalue weighted by atomic mass is 9.96. The first-order chi connectivity index (χ1) is 14.5. The molecule has 2 aliphatic rings. The van der Waals surface area contributed by atoms with Crippen LogP contribution in [0.25, 0.3) is 0 Å². The molecule has 0 bridgehead atoms. The van der Waals surface area contributed by atoms with Crippen LogP contribution in [0.15, 0.2) is 70.2 Å². The number of methoxy groups -OCH3 is 1. The van der Waals surface area contributed by atoms with Crippen molar-refractivity contribution >= 4 is 33.2 Å². The first-order valence-corrected chi connectivity index (χ1v) is 10.6. The third-order valence-electron chi connectivity index (χ3n) is 5.39. The summed E-state index contributed by atoms with van der Waals surface area (Å²) in [7, 11) is 1.63. The number of benzene rings is 3. The van der Waals surface area contributed by atoms with E-state index >= 15 is 0 Å². The molecule has 3 aromatic rings. The highest BCUT2D eigenvalue weighted by Gasteiger charge is 2.41. The second-order valence-corrected chi connectivity index (χ2v) is 8.49. The highest BCUT2D eigenvalue weighted by Crippen LogP contribution is 2.48. The molecule has 0 fully saturated rings. The van der Waals surface area contributed by atoms with E-state index in [1.807, 2.05) is 41.4 Å². The van der Waals surface area contributed by atoms with Gasteiger partial charge in [-0.05, 0) is 70.0 Å². The Hall–Kier alpha value is -2.57. The highest BCUT2D eigenvalue weighted by molar-refractivity contribution is 9.10. The number of hydrogen-bond donors (Lipinski definition) is 0. The first kappa shape index (κ1) is 19.4. The van der Waals surface area contributed by atoms with E-state index in [9.17, 15) is 4.39 Å². The smallest absolute Gasteiger partial charge is 0.213 e. The van der Waals surface area contributed by atoms with Gasteiger partial charge in [0.2, 0.25) is 6.23 Å². The van der Waals surface area contributed by atoms with Crippen molar-refractivity contribution in [2.45, 2.75) is 18.7 Å². The van der Waals surface area contributed by atoms with Gasteiger partial charge in [0.15, 0.2) is 0 Å². The lowest BCUT2D eigenvalue weighted by molar-refractivity contribution is -0.0190. The third-order valence-corrected chi connectivity index (χ3v) is 6.25. The van der Waals surface area contributed by atoms with Gasteiger partial charge in [-0.15, -0.1) is 0 Å². The Bertz CT molecular complexity index is 1150. The van der Waals surface area contributed by atoms with Crippen LogP contribution in [0.5, 0.6) is 11.5 Å². The molecule has 2 heterocycles. The molecular formula is C23H17BrClFN2O2. The first-order valence-electron chi connectivity index (χ1n) is 9.45. The molecule has 2 aliphatic heterocycles. The second-order valence-electron chi connectivity index (χ2n) is 7.20. The quantitative estimate of drug-likeness (QED) is 0.423. The summed E-state index contributed by atoms with van der Waals surface area (Å²) in [5.41, 5.74) is 3.71. The molecule has 0 radical (unpaired) electrons. The van der Waals surface area contributed by atoms with Gasteiger partial charge >= 0.3 is 0 Å². The van der Waals surface area contributed by atoms with Gasteiger partial charge in [-0.3, -0.25) is 0 Å². The molecule has 0 unspecified atom stereocenters. The van der Waals surface area contributed by atoms with Crippen molar-refractivity contribution in [1.82, 2.24) is 5.01 Å². The van der Waals surface area contributed by atoms with E-state index in [1.165, 1.54) is 12.1 Å². The SMILES string of the molecule is COc1ccc([C@@H]2Oc3ccc(Cl)cc3[C@@H]3CC(c4ccc(F)cc4)=NN32)cc1Br. The average molecular weight is 488 g/mol. The monoisotopic (exact) mass is 486 g/mol. The van der Waals surface area contributed by atoms with Crippen molar-refractivity contribution in [3.8, 4) is 11.5 Å². The minimum atomic E-state index is -0.413. The van der Waals surface area contributed by atoms with Crippen molar-refractivity contribution in [3.05, 3.63) is 92.7 Å². The Labute approximate surface area is 187 Å². The van der Waals surface area contributed by atoms with E-state index in [2.05, 4.69) is 15.9 Å². The largest absolute Gasteiger partial charge is 0.496 e. The minimum Gasteiger partial charge on any atom is -0.496 e. The molecule has 0 amide bonds. The van der Waals surface area contributed by atoms with Gasteiger partial charge in [0, 0.05) is 22.6 Å². The number of hydrogen-bond acceptors (Lipinski definition) is 4. The summed E-state index contributed by atoms with van der Waals surface area (Å²) in [6.45, 7) is 0. The molecular weight excluding hydrogens is 471 g/mol. The molecule has 152 valence electrons. The lowest BCUT2D eigenvalue weighted by Crippen LogP contribution is -2.33. The van der Waals surface area contributed by atoms with Crippen molar-refractivity contribution in [1.29, 1.82) is 0 Å². The zero-order chi connectivity index (χ0) is 20.8. The summed E-state index contributed by atoms with van der Waals surface area (Å²) in [5, 5.41) is 7.50. The van der Waals surface area contributed by atoms with Gasteiger partial charge < -0.3 is 9.47 Å². The van der Waals surface area contributed by atoms with E-state index in [1.54, 1.807) is 19.2 Å². The van der Waals surface area contributed by atoms with Gasteiger partial charge in [0.05, 0.1) is 23.3 Å². The third kappa shape index (κ3) is 3.34. The van der Waals surface area contributed by atoms with Crippen molar-refractivity contribution in [2.75, 3.05) is 7.11 Å². The Morgan fingerprint density at radius 3 is 2.67 bits per heavy atom. The fraction of sp³-hybridized carbons (Fsp3) is 0.174. The average Bonchev–Trinajstić information content (AvgIpc) is 3.19. The molecule has 4 nitrogen and oxygen atoms in total. The predicted molar refractivity (Wildman–Crippen MR) is 118 cm³/mol. The summed E-state index contributed by atoms with van der Waals surface area (Å²) < 4.78 is 25.9. The summed E-state index contributed by atoms with van der Waals surface area (Å²) in [4.78, 5) is 0. The number of ether oxygens (including phenoxy) is 2. The lowest BCUT2D eigenvalue weighted by Gasteiger charge is -2.38. The van der Waals surface area contributed by atoms with Gasteiger partial charge in [-0.2, -0.15) is 5.10 Å². The van der Waals surface area contributed by atoms with Crippen LogP contribution in [0.4, 0.5) is 4.39 Å². The summed E-state index contributed by atoms with van der Waals surface area (Å²) >= 11 is 9.83. The van der Waals surface area contributed by atoms with Crippen LogP contribution >= 0.6 is 27.5 Å². The van der Waals surface area contributed by atoms with Crippen LogP contribution in [-0.2, 0) is 0 Å². The number of nitrogens with zero attached hydrogens (tertiary/aromatic N) is 2. The zero-order valence-electron chi connectivity index (χ0n) is 16.0. The Morgan fingerprint density at radius 2 is 1.93 bits per heavy atom. The molecule has 0 spiro atoms.